The van der Waals surface area contributed by atoms with Crippen molar-refractivity contribution in [3.63, 3.8) is 0 Å². The number of rotatable bonds is 3. The number of aromatic nitrogens is 2. The summed E-state index contributed by atoms with van der Waals surface area (Å²) in [6.07, 6.45) is 2.56. The topological polar surface area (TPSA) is 41.1 Å². The van der Waals surface area contributed by atoms with E-state index >= 15 is 0 Å². The summed E-state index contributed by atoms with van der Waals surface area (Å²) in [5, 5.41) is 3.71. The number of aryl methyl sites for hydroxylation is 2. The summed E-state index contributed by atoms with van der Waals surface area (Å²) in [4.78, 5) is 10.8. The van der Waals surface area contributed by atoms with Crippen LogP contribution in [0.4, 0.5) is 21.8 Å². The zero-order valence-electron chi connectivity index (χ0n) is 14.2. The summed E-state index contributed by atoms with van der Waals surface area (Å²) < 4.78 is 14.0. The van der Waals surface area contributed by atoms with Gasteiger partial charge in [-0.3, -0.25) is 0 Å². The Kier molecular flexibility index (Phi) is 4.63. The Balaban J connectivity index is 1.80. The fourth-order valence-corrected chi connectivity index (χ4v) is 2.86. The summed E-state index contributed by atoms with van der Waals surface area (Å²) in [5.41, 5.74) is 2.27. The summed E-state index contributed by atoms with van der Waals surface area (Å²) >= 11 is 6.24. The van der Waals surface area contributed by atoms with E-state index in [1.165, 1.54) is 11.1 Å². The summed E-state index contributed by atoms with van der Waals surface area (Å²) in [6, 6.07) is 6.11. The Labute approximate surface area is 147 Å². The number of halogens is 2. The van der Waals surface area contributed by atoms with Crippen molar-refractivity contribution in [2.45, 2.75) is 39.3 Å². The molecule has 0 spiro atoms. The minimum absolute atomic E-state index is 0.462. The van der Waals surface area contributed by atoms with E-state index in [1.54, 1.807) is 13.1 Å². The fraction of sp³-hybridized carbons (Fsp3) is 0.444. The van der Waals surface area contributed by atoms with Gasteiger partial charge in [0.2, 0.25) is 5.95 Å². The highest BCUT2D eigenvalue weighted by Crippen LogP contribution is 2.30. The molecule has 0 radical (unpaired) electrons. The van der Waals surface area contributed by atoms with Crippen LogP contribution in [0.25, 0.3) is 0 Å². The molecule has 24 heavy (non-hydrogen) atoms. The van der Waals surface area contributed by atoms with Crippen molar-refractivity contribution in [2.75, 3.05) is 23.3 Å². The summed E-state index contributed by atoms with van der Waals surface area (Å²) in [7, 11) is 0. The lowest BCUT2D eigenvalue weighted by Crippen LogP contribution is -2.40. The molecule has 0 unspecified atom stereocenters. The molecule has 1 aliphatic rings. The van der Waals surface area contributed by atoms with E-state index in [9.17, 15) is 4.39 Å². The van der Waals surface area contributed by atoms with Crippen LogP contribution in [0.3, 0.4) is 0 Å². The molecule has 0 bridgehead atoms. The molecular weight excluding hydrogens is 327 g/mol. The van der Waals surface area contributed by atoms with Gasteiger partial charge in [-0.15, -0.1) is 0 Å². The molecule has 4 nitrogen and oxygen atoms in total. The maximum Gasteiger partial charge on any atom is 0.227 e. The first-order valence-corrected chi connectivity index (χ1v) is 8.52. The number of alkyl halides is 1. The van der Waals surface area contributed by atoms with Crippen LogP contribution in [0, 0.1) is 13.8 Å². The number of piperidine rings is 1. The van der Waals surface area contributed by atoms with Crippen LogP contribution >= 0.6 is 11.6 Å². The molecular formula is C18H22ClFN4. The molecule has 1 aromatic carbocycles. The molecule has 0 aliphatic carbocycles. The number of hydrogen-bond donors (Lipinski definition) is 1. The van der Waals surface area contributed by atoms with Gasteiger partial charge in [0.05, 0.1) is 6.20 Å². The minimum atomic E-state index is -1.09. The van der Waals surface area contributed by atoms with Gasteiger partial charge in [0.25, 0.3) is 0 Å². The largest absolute Gasteiger partial charge is 0.341 e. The quantitative estimate of drug-likeness (QED) is 0.863. The van der Waals surface area contributed by atoms with Gasteiger partial charge < -0.3 is 10.2 Å². The molecule has 1 N–H and O–H groups in total. The number of anilines is 3. The highest BCUT2D eigenvalue weighted by Gasteiger charge is 2.30. The third kappa shape index (κ3) is 3.78. The maximum absolute atomic E-state index is 14.0. The Morgan fingerprint density at radius 3 is 2.58 bits per heavy atom. The average molecular weight is 349 g/mol. The molecule has 2 aromatic rings. The highest BCUT2D eigenvalue weighted by atomic mass is 35.5. The molecule has 2 heterocycles. The number of benzene rings is 1. The highest BCUT2D eigenvalue weighted by molar-refractivity contribution is 6.32. The van der Waals surface area contributed by atoms with Crippen LogP contribution < -0.4 is 10.2 Å². The van der Waals surface area contributed by atoms with E-state index in [0.717, 1.165) is 5.69 Å². The van der Waals surface area contributed by atoms with Crippen LogP contribution in [0.1, 0.15) is 30.9 Å². The standard InChI is InChI=1S/C18H22ClFN4/c1-12-4-5-14(10-13(12)2)22-16-15(19)11-21-17(23-16)24-8-6-18(3,20)7-9-24/h4-5,10-11H,6-9H2,1-3H3,(H,21,22,23). The van der Waals surface area contributed by atoms with E-state index < -0.39 is 5.67 Å². The van der Waals surface area contributed by atoms with Gasteiger partial charge >= 0.3 is 0 Å². The third-order valence-corrected chi connectivity index (χ3v) is 4.87. The van der Waals surface area contributed by atoms with Crippen LogP contribution in [-0.4, -0.2) is 28.7 Å². The van der Waals surface area contributed by atoms with Crippen molar-refractivity contribution in [1.29, 1.82) is 0 Å². The van der Waals surface area contributed by atoms with Crippen LogP contribution in [0.5, 0.6) is 0 Å². The molecule has 1 aromatic heterocycles. The first-order chi connectivity index (χ1) is 11.3. The van der Waals surface area contributed by atoms with Gasteiger partial charge in [-0.25, -0.2) is 9.37 Å². The monoisotopic (exact) mass is 348 g/mol. The normalized spacial score (nSPS) is 17.0. The zero-order valence-corrected chi connectivity index (χ0v) is 15.0. The van der Waals surface area contributed by atoms with Gasteiger partial charge in [-0.1, -0.05) is 17.7 Å². The molecule has 6 heteroatoms. The van der Waals surface area contributed by atoms with E-state index in [4.69, 9.17) is 11.6 Å². The lowest BCUT2D eigenvalue weighted by molar-refractivity contribution is 0.148. The molecule has 0 saturated carbocycles. The van der Waals surface area contributed by atoms with Gasteiger partial charge in [-0.05, 0) is 56.9 Å². The van der Waals surface area contributed by atoms with Crippen LogP contribution in [0.15, 0.2) is 24.4 Å². The first-order valence-electron chi connectivity index (χ1n) is 8.15. The molecule has 1 saturated heterocycles. The second-order valence-electron chi connectivity index (χ2n) is 6.69. The Bertz CT molecular complexity index is 738. The zero-order chi connectivity index (χ0) is 17.3. The second-order valence-corrected chi connectivity index (χ2v) is 7.10. The lowest BCUT2D eigenvalue weighted by atomic mass is 9.96. The van der Waals surface area contributed by atoms with Crippen molar-refractivity contribution in [3.05, 3.63) is 40.5 Å². The molecule has 3 rings (SSSR count). The Morgan fingerprint density at radius 1 is 1.21 bits per heavy atom. The van der Waals surface area contributed by atoms with Crippen molar-refractivity contribution in [3.8, 4) is 0 Å². The SMILES string of the molecule is Cc1ccc(Nc2nc(N3CCC(C)(F)CC3)ncc2Cl)cc1C. The molecule has 0 amide bonds. The van der Waals surface area contributed by atoms with Gasteiger partial charge in [0.15, 0.2) is 5.82 Å². The summed E-state index contributed by atoms with van der Waals surface area (Å²) in [5.74, 6) is 1.15. The van der Waals surface area contributed by atoms with Crippen molar-refractivity contribution in [2.24, 2.45) is 0 Å². The smallest absolute Gasteiger partial charge is 0.227 e. The van der Waals surface area contributed by atoms with Crippen LogP contribution in [0.2, 0.25) is 5.02 Å². The van der Waals surface area contributed by atoms with Crippen molar-refractivity contribution < 1.29 is 4.39 Å². The Morgan fingerprint density at radius 2 is 1.92 bits per heavy atom. The van der Waals surface area contributed by atoms with E-state index in [1.807, 2.05) is 11.0 Å². The molecule has 1 aliphatic heterocycles. The number of nitrogens with one attached hydrogen (secondary N) is 1. The van der Waals surface area contributed by atoms with Crippen LogP contribution in [-0.2, 0) is 0 Å². The van der Waals surface area contributed by atoms with Crippen molar-refractivity contribution in [1.82, 2.24) is 9.97 Å². The van der Waals surface area contributed by atoms with Gasteiger partial charge in [0.1, 0.15) is 10.7 Å². The lowest BCUT2D eigenvalue weighted by Gasteiger charge is -2.34. The van der Waals surface area contributed by atoms with E-state index in [2.05, 4.69) is 41.3 Å². The van der Waals surface area contributed by atoms with E-state index in [-0.39, 0.29) is 0 Å². The molecule has 1 fully saturated rings. The maximum atomic E-state index is 14.0. The first kappa shape index (κ1) is 17.0. The minimum Gasteiger partial charge on any atom is -0.341 e. The van der Waals surface area contributed by atoms with E-state index in [0.29, 0.717) is 42.7 Å². The predicted octanol–water partition coefficient (Wildman–Crippen LogP) is 4.82. The molecule has 128 valence electrons. The third-order valence-electron chi connectivity index (χ3n) is 4.59. The number of hydrogen-bond acceptors (Lipinski definition) is 4. The Hall–Kier alpha value is -1.88. The van der Waals surface area contributed by atoms with Gasteiger partial charge in [-0.2, -0.15) is 4.98 Å². The predicted molar refractivity (Wildman–Crippen MR) is 97.2 cm³/mol. The summed E-state index contributed by atoms with van der Waals surface area (Å²) in [6.45, 7) is 7.01. The second kappa shape index (κ2) is 6.55. The number of nitrogens with zero attached hydrogens (tertiary/aromatic N) is 3. The fourth-order valence-electron chi connectivity index (χ4n) is 2.73. The van der Waals surface area contributed by atoms with Gasteiger partial charge in [0, 0.05) is 18.8 Å². The van der Waals surface area contributed by atoms with Crippen molar-refractivity contribution >= 4 is 29.1 Å². The molecule has 0 atom stereocenters. The average Bonchev–Trinajstić information content (AvgIpc) is 2.53.